The maximum absolute atomic E-state index is 13.7. The van der Waals surface area contributed by atoms with Crippen LogP contribution in [0.1, 0.15) is 46.9 Å². The topological polar surface area (TPSA) is 56.6 Å². The van der Waals surface area contributed by atoms with Gasteiger partial charge in [0.25, 0.3) is 5.91 Å². The maximum atomic E-state index is 13.7. The zero-order valence-corrected chi connectivity index (χ0v) is 21.0. The minimum Gasteiger partial charge on any atom is -0.497 e. The fourth-order valence-corrected chi connectivity index (χ4v) is 4.33. The van der Waals surface area contributed by atoms with Gasteiger partial charge in [-0.1, -0.05) is 48.9 Å². The van der Waals surface area contributed by atoms with Crippen LogP contribution >= 0.6 is 0 Å². The molecule has 1 aliphatic carbocycles. The summed E-state index contributed by atoms with van der Waals surface area (Å²) in [5, 5.41) is 4.94. The quantitative estimate of drug-likeness (QED) is 0.280. The van der Waals surface area contributed by atoms with Crippen molar-refractivity contribution in [2.24, 2.45) is 0 Å². The number of hydrogen-bond acceptors (Lipinski definition) is 4. The van der Waals surface area contributed by atoms with Crippen LogP contribution in [0.15, 0.2) is 78.9 Å². The molecule has 0 atom stereocenters. The Hall–Kier alpha value is -4.06. The van der Waals surface area contributed by atoms with Crippen molar-refractivity contribution in [2.45, 2.75) is 45.7 Å². The zero-order chi connectivity index (χ0) is 25.1. The van der Waals surface area contributed by atoms with Gasteiger partial charge in [0.1, 0.15) is 11.5 Å². The van der Waals surface area contributed by atoms with Crippen molar-refractivity contribution in [1.82, 2.24) is 14.7 Å². The lowest BCUT2D eigenvalue weighted by molar-refractivity contribution is 0.0728. The SMILES string of the molecule is CCc1nn(-c2ccccc2)c(Oc2ccc(C)cc2)c1CN(C(=O)c1cccc(OC)c1)C1CC1. The molecule has 1 fully saturated rings. The first kappa shape index (κ1) is 23.7. The first-order valence-electron chi connectivity index (χ1n) is 12.4. The number of methoxy groups -OCH3 is 1. The van der Waals surface area contributed by atoms with Gasteiger partial charge in [0.2, 0.25) is 5.88 Å². The number of aromatic nitrogens is 2. The van der Waals surface area contributed by atoms with Crippen LogP contribution < -0.4 is 9.47 Å². The van der Waals surface area contributed by atoms with E-state index in [2.05, 4.69) is 13.8 Å². The number of aryl methyl sites for hydroxylation is 2. The standard InChI is InChI=1S/C30H31N3O3/c1-4-28-27(20-32(23-15-16-23)29(34)22-9-8-12-26(19-22)35-3)30(36-25-17-13-21(2)14-18-25)33(31-28)24-10-6-5-7-11-24/h5-14,17-19,23H,4,15-16,20H2,1-3H3. The van der Waals surface area contributed by atoms with E-state index >= 15 is 0 Å². The van der Waals surface area contributed by atoms with Crippen LogP contribution in [-0.4, -0.2) is 33.7 Å². The summed E-state index contributed by atoms with van der Waals surface area (Å²) in [7, 11) is 1.61. The summed E-state index contributed by atoms with van der Waals surface area (Å²) in [5.41, 5.74) is 4.56. The number of ether oxygens (including phenoxy) is 2. The molecule has 1 aromatic heterocycles. The molecule has 36 heavy (non-hydrogen) atoms. The largest absolute Gasteiger partial charge is 0.497 e. The summed E-state index contributed by atoms with van der Waals surface area (Å²) in [4.78, 5) is 15.6. The third kappa shape index (κ3) is 4.98. The van der Waals surface area contributed by atoms with Gasteiger partial charge in [-0.25, -0.2) is 4.68 Å². The molecule has 184 valence electrons. The van der Waals surface area contributed by atoms with Crippen molar-refractivity contribution in [3.8, 4) is 23.1 Å². The highest BCUT2D eigenvalue weighted by Gasteiger charge is 2.35. The first-order valence-corrected chi connectivity index (χ1v) is 12.4. The van der Waals surface area contributed by atoms with Crippen molar-refractivity contribution in [3.05, 3.63) is 101 Å². The Morgan fingerprint density at radius 1 is 1.00 bits per heavy atom. The van der Waals surface area contributed by atoms with Gasteiger partial charge in [-0.2, -0.15) is 5.10 Å². The lowest BCUT2D eigenvalue weighted by atomic mass is 10.1. The van der Waals surface area contributed by atoms with E-state index in [1.165, 1.54) is 0 Å². The van der Waals surface area contributed by atoms with Crippen molar-refractivity contribution < 1.29 is 14.3 Å². The van der Waals surface area contributed by atoms with Gasteiger partial charge in [0, 0.05) is 11.6 Å². The fourth-order valence-electron chi connectivity index (χ4n) is 4.33. The Kier molecular flexibility index (Phi) is 6.76. The Balaban J connectivity index is 1.56. The smallest absolute Gasteiger partial charge is 0.254 e. The number of amides is 1. The fraction of sp³-hybridized carbons (Fsp3) is 0.267. The van der Waals surface area contributed by atoms with Gasteiger partial charge in [0.05, 0.1) is 30.6 Å². The molecular formula is C30H31N3O3. The van der Waals surface area contributed by atoms with E-state index in [0.717, 1.165) is 47.5 Å². The Morgan fingerprint density at radius 3 is 2.42 bits per heavy atom. The molecule has 3 aromatic carbocycles. The van der Waals surface area contributed by atoms with Crippen LogP contribution in [0.4, 0.5) is 0 Å². The van der Waals surface area contributed by atoms with Gasteiger partial charge in [0.15, 0.2) is 0 Å². The molecule has 1 heterocycles. The van der Waals surface area contributed by atoms with E-state index in [4.69, 9.17) is 14.6 Å². The Labute approximate surface area is 212 Å². The van der Waals surface area contributed by atoms with Gasteiger partial charge >= 0.3 is 0 Å². The van der Waals surface area contributed by atoms with Gasteiger partial charge < -0.3 is 14.4 Å². The summed E-state index contributed by atoms with van der Waals surface area (Å²) in [6.45, 7) is 4.57. The highest BCUT2D eigenvalue weighted by Crippen LogP contribution is 2.36. The summed E-state index contributed by atoms with van der Waals surface area (Å²) in [6, 6.07) is 25.5. The third-order valence-corrected chi connectivity index (χ3v) is 6.48. The highest BCUT2D eigenvalue weighted by atomic mass is 16.5. The lowest BCUT2D eigenvalue weighted by Crippen LogP contribution is -2.33. The molecule has 6 nitrogen and oxygen atoms in total. The molecule has 1 saturated carbocycles. The van der Waals surface area contributed by atoms with E-state index in [1.807, 2.05) is 82.4 Å². The number of carbonyl (C=O) groups excluding carboxylic acids is 1. The second-order valence-corrected chi connectivity index (χ2v) is 9.14. The van der Waals surface area contributed by atoms with Crippen LogP contribution in [0.25, 0.3) is 5.69 Å². The van der Waals surface area contributed by atoms with Crippen molar-refractivity contribution >= 4 is 5.91 Å². The average Bonchev–Trinajstić information content (AvgIpc) is 3.71. The molecule has 0 aliphatic heterocycles. The number of nitrogens with zero attached hydrogens (tertiary/aromatic N) is 3. The highest BCUT2D eigenvalue weighted by molar-refractivity contribution is 5.95. The molecule has 4 aromatic rings. The van der Waals surface area contributed by atoms with E-state index in [-0.39, 0.29) is 11.9 Å². The minimum absolute atomic E-state index is 0.00722. The summed E-state index contributed by atoms with van der Waals surface area (Å²) in [5.74, 6) is 2.04. The molecule has 0 unspecified atom stereocenters. The van der Waals surface area contributed by atoms with Crippen molar-refractivity contribution in [3.63, 3.8) is 0 Å². The molecule has 6 heteroatoms. The van der Waals surface area contributed by atoms with E-state index in [0.29, 0.717) is 23.7 Å². The van der Waals surface area contributed by atoms with Crippen molar-refractivity contribution in [2.75, 3.05) is 7.11 Å². The lowest BCUT2D eigenvalue weighted by Gasteiger charge is -2.23. The molecular weight excluding hydrogens is 450 g/mol. The van der Waals surface area contributed by atoms with E-state index < -0.39 is 0 Å². The monoisotopic (exact) mass is 481 g/mol. The molecule has 1 aliphatic rings. The number of para-hydroxylation sites is 1. The third-order valence-electron chi connectivity index (χ3n) is 6.48. The molecule has 0 saturated heterocycles. The second kappa shape index (κ2) is 10.3. The number of benzene rings is 3. The number of rotatable bonds is 9. The van der Waals surface area contributed by atoms with Crippen LogP contribution in [-0.2, 0) is 13.0 Å². The predicted octanol–water partition coefficient (Wildman–Crippen LogP) is 6.35. The molecule has 5 rings (SSSR count). The molecule has 1 amide bonds. The van der Waals surface area contributed by atoms with Crippen LogP contribution in [0.5, 0.6) is 17.4 Å². The summed E-state index contributed by atoms with van der Waals surface area (Å²) >= 11 is 0. The minimum atomic E-state index is -0.00722. The number of carbonyl (C=O) groups is 1. The van der Waals surface area contributed by atoms with E-state index in [1.54, 1.807) is 13.2 Å². The Morgan fingerprint density at radius 2 is 1.75 bits per heavy atom. The van der Waals surface area contributed by atoms with Crippen molar-refractivity contribution in [1.29, 1.82) is 0 Å². The summed E-state index contributed by atoms with van der Waals surface area (Å²) in [6.07, 6.45) is 2.72. The molecule has 0 radical (unpaired) electrons. The van der Waals surface area contributed by atoms with Gasteiger partial charge in [-0.3, -0.25) is 4.79 Å². The van der Waals surface area contributed by atoms with Crippen LogP contribution in [0.2, 0.25) is 0 Å². The normalized spacial score (nSPS) is 12.9. The average molecular weight is 482 g/mol. The molecule has 0 bridgehead atoms. The Bertz CT molecular complexity index is 1340. The first-order chi connectivity index (χ1) is 17.6. The number of hydrogen-bond donors (Lipinski definition) is 0. The molecule has 0 spiro atoms. The molecule has 0 N–H and O–H groups in total. The maximum Gasteiger partial charge on any atom is 0.254 e. The van der Waals surface area contributed by atoms with E-state index in [9.17, 15) is 4.79 Å². The second-order valence-electron chi connectivity index (χ2n) is 9.14. The van der Waals surface area contributed by atoms with Crippen LogP contribution in [0.3, 0.4) is 0 Å². The van der Waals surface area contributed by atoms with Gasteiger partial charge in [-0.05, 0) is 68.7 Å². The zero-order valence-electron chi connectivity index (χ0n) is 21.0. The predicted molar refractivity (Wildman–Crippen MR) is 140 cm³/mol. The van der Waals surface area contributed by atoms with Crippen LogP contribution in [0, 0.1) is 6.92 Å². The van der Waals surface area contributed by atoms with Gasteiger partial charge in [-0.15, -0.1) is 0 Å². The summed E-state index contributed by atoms with van der Waals surface area (Å²) < 4.78 is 13.7.